The lowest BCUT2D eigenvalue weighted by Gasteiger charge is -2.15. The SMILES string of the molecule is COc1cc(NC2=CC(=O)N(CCO)C2=O)ccc1-n1cnc(C)c1. The molecule has 3 rings (SSSR count). The number of amides is 2. The van der Waals surface area contributed by atoms with Crippen LogP contribution in [0.4, 0.5) is 5.69 Å². The van der Waals surface area contributed by atoms with E-state index in [1.165, 1.54) is 6.08 Å². The number of nitrogens with zero attached hydrogens (tertiary/aromatic N) is 3. The van der Waals surface area contributed by atoms with E-state index in [-0.39, 0.29) is 18.8 Å². The number of ether oxygens (including phenoxy) is 1. The van der Waals surface area contributed by atoms with Crippen LogP contribution in [0.3, 0.4) is 0 Å². The van der Waals surface area contributed by atoms with Gasteiger partial charge in [-0.2, -0.15) is 0 Å². The number of carbonyl (C=O) groups is 2. The van der Waals surface area contributed by atoms with Gasteiger partial charge in [-0.1, -0.05) is 0 Å². The largest absolute Gasteiger partial charge is 0.494 e. The molecule has 0 bridgehead atoms. The lowest BCUT2D eigenvalue weighted by molar-refractivity contribution is -0.137. The average molecular weight is 342 g/mol. The Morgan fingerprint density at radius 3 is 2.76 bits per heavy atom. The normalized spacial score (nSPS) is 14.0. The Balaban J connectivity index is 1.84. The molecular formula is C17H18N4O4. The fourth-order valence-corrected chi connectivity index (χ4v) is 2.59. The summed E-state index contributed by atoms with van der Waals surface area (Å²) >= 11 is 0. The second-order valence-electron chi connectivity index (χ2n) is 5.51. The molecule has 0 fully saturated rings. The molecule has 2 amide bonds. The van der Waals surface area contributed by atoms with Gasteiger partial charge in [-0.3, -0.25) is 14.5 Å². The molecule has 0 spiro atoms. The van der Waals surface area contributed by atoms with Gasteiger partial charge in [0.15, 0.2) is 0 Å². The van der Waals surface area contributed by atoms with Gasteiger partial charge in [-0.05, 0) is 19.1 Å². The summed E-state index contributed by atoms with van der Waals surface area (Å²) in [7, 11) is 1.55. The first kappa shape index (κ1) is 16.7. The molecule has 2 N–H and O–H groups in total. The number of hydrogen-bond donors (Lipinski definition) is 2. The van der Waals surface area contributed by atoms with Crippen LogP contribution in [0.25, 0.3) is 5.69 Å². The molecule has 0 radical (unpaired) electrons. The van der Waals surface area contributed by atoms with E-state index in [0.717, 1.165) is 16.3 Å². The molecule has 2 aromatic rings. The van der Waals surface area contributed by atoms with Crippen LogP contribution in [0.1, 0.15) is 5.69 Å². The summed E-state index contributed by atoms with van der Waals surface area (Å²) in [6.45, 7) is 1.60. The van der Waals surface area contributed by atoms with Crippen molar-refractivity contribution in [3.05, 3.63) is 48.2 Å². The van der Waals surface area contributed by atoms with Crippen molar-refractivity contribution in [2.24, 2.45) is 0 Å². The molecule has 0 atom stereocenters. The monoisotopic (exact) mass is 342 g/mol. The summed E-state index contributed by atoms with van der Waals surface area (Å²) in [6.07, 6.45) is 4.78. The van der Waals surface area contributed by atoms with E-state index in [4.69, 9.17) is 9.84 Å². The van der Waals surface area contributed by atoms with Crippen molar-refractivity contribution in [1.82, 2.24) is 14.5 Å². The Bertz CT molecular complexity index is 856. The fourth-order valence-electron chi connectivity index (χ4n) is 2.59. The van der Waals surface area contributed by atoms with E-state index >= 15 is 0 Å². The van der Waals surface area contributed by atoms with E-state index < -0.39 is 11.8 Å². The molecule has 2 heterocycles. The van der Waals surface area contributed by atoms with E-state index in [9.17, 15) is 9.59 Å². The summed E-state index contributed by atoms with van der Waals surface area (Å²) in [5.74, 6) is -0.321. The number of methoxy groups -OCH3 is 1. The molecule has 1 aromatic heterocycles. The summed E-state index contributed by atoms with van der Waals surface area (Å²) in [5, 5.41) is 11.9. The highest BCUT2D eigenvalue weighted by molar-refractivity contribution is 6.17. The Morgan fingerprint density at radius 1 is 1.32 bits per heavy atom. The third-order valence-corrected chi connectivity index (χ3v) is 3.78. The number of rotatable bonds is 6. The van der Waals surface area contributed by atoms with Gasteiger partial charge < -0.3 is 19.7 Å². The molecule has 0 saturated heterocycles. The van der Waals surface area contributed by atoms with Gasteiger partial charge in [0, 0.05) is 24.0 Å². The number of aliphatic hydroxyl groups is 1. The number of carbonyl (C=O) groups excluding carboxylic acids is 2. The number of anilines is 1. The topological polar surface area (TPSA) is 96.7 Å². The van der Waals surface area contributed by atoms with Crippen molar-refractivity contribution >= 4 is 17.5 Å². The van der Waals surface area contributed by atoms with Crippen molar-refractivity contribution in [2.75, 3.05) is 25.6 Å². The molecule has 0 saturated carbocycles. The maximum atomic E-state index is 12.2. The minimum Gasteiger partial charge on any atom is -0.494 e. The molecule has 1 aliphatic rings. The van der Waals surface area contributed by atoms with Gasteiger partial charge in [-0.25, -0.2) is 4.98 Å². The highest BCUT2D eigenvalue weighted by atomic mass is 16.5. The van der Waals surface area contributed by atoms with Crippen LogP contribution in [0.5, 0.6) is 5.75 Å². The average Bonchev–Trinajstić information content (AvgIpc) is 3.14. The number of hydrogen-bond acceptors (Lipinski definition) is 6. The van der Waals surface area contributed by atoms with Crippen molar-refractivity contribution in [1.29, 1.82) is 0 Å². The lowest BCUT2D eigenvalue weighted by atomic mass is 10.2. The third kappa shape index (κ3) is 3.24. The van der Waals surface area contributed by atoms with Gasteiger partial charge in [0.1, 0.15) is 11.4 Å². The van der Waals surface area contributed by atoms with Gasteiger partial charge in [0.25, 0.3) is 11.8 Å². The molecule has 8 nitrogen and oxygen atoms in total. The number of aromatic nitrogens is 2. The quantitative estimate of drug-likeness (QED) is 0.756. The van der Waals surface area contributed by atoms with Crippen LogP contribution in [-0.4, -0.2) is 51.6 Å². The van der Waals surface area contributed by atoms with E-state index in [0.29, 0.717) is 11.4 Å². The van der Waals surface area contributed by atoms with Crippen molar-refractivity contribution in [3.63, 3.8) is 0 Å². The molecule has 8 heteroatoms. The van der Waals surface area contributed by atoms with Crippen LogP contribution in [0.15, 0.2) is 42.5 Å². The van der Waals surface area contributed by atoms with Gasteiger partial charge in [-0.15, -0.1) is 0 Å². The number of benzene rings is 1. The standard InChI is InChI=1S/C17H18N4O4/c1-11-9-20(10-18-11)14-4-3-12(7-15(14)25-2)19-13-8-16(23)21(5-6-22)17(13)24/h3-4,7-10,19,22H,5-6H2,1-2H3. The Labute approximate surface area is 144 Å². The number of nitrogens with one attached hydrogen (secondary N) is 1. The minimum atomic E-state index is -0.465. The zero-order valence-corrected chi connectivity index (χ0v) is 13.9. The first-order valence-electron chi connectivity index (χ1n) is 7.68. The van der Waals surface area contributed by atoms with E-state index in [1.54, 1.807) is 25.6 Å². The van der Waals surface area contributed by atoms with Crippen LogP contribution in [0, 0.1) is 6.92 Å². The third-order valence-electron chi connectivity index (χ3n) is 3.78. The highest BCUT2D eigenvalue weighted by Crippen LogP contribution is 2.28. The lowest BCUT2D eigenvalue weighted by Crippen LogP contribution is -2.34. The first-order chi connectivity index (χ1) is 12.0. The van der Waals surface area contributed by atoms with E-state index in [1.807, 2.05) is 23.8 Å². The fraction of sp³-hybridized carbons (Fsp3) is 0.235. The second-order valence-corrected chi connectivity index (χ2v) is 5.51. The molecule has 0 aliphatic carbocycles. The number of imide groups is 1. The maximum Gasteiger partial charge on any atom is 0.277 e. The molecule has 0 unspecified atom stereocenters. The van der Waals surface area contributed by atoms with Crippen molar-refractivity contribution < 1.29 is 19.4 Å². The van der Waals surface area contributed by atoms with Crippen molar-refractivity contribution in [2.45, 2.75) is 6.92 Å². The maximum absolute atomic E-state index is 12.2. The molecule has 1 aliphatic heterocycles. The van der Waals surface area contributed by atoms with Gasteiger partial charge in [0.05, 0.1) is 38.0 Å². The van der Waals surface area contributed by atoms with Crippen LogP contribution < -0.4 is 10.1 Å². The summed E-state index contributed by atoms with van der Waals surface area (Å²) in [5.41, 5.74) is 2.45. The molecule has 130 valence electrons. The number of β-amino-alcohol motifs (C(OH)–C–C–N with tert-alkyl or cyclic N) is 1. The number of aliphatic hydroxyl groups excluding tert-OH is 1. The Morgan fingerprint density at radius 2 is 2.12 bits per heavy atom. The number of aryl methyl sites for hydroxylation is 1. The second kappa shape index (κ2) is 6.78. The zero-order chi connectivity index (χ0) is 18.0. The highest BCUT2D eigenvalue weighted by Gasteiger charge is 2.30. The Hall–Kier alpha value is -3.13. The predicted molar refractivity (Wildman–Crippen MR) is 90.4 cm³/mol. The van der Waals surface area contributed by atoms with Crippen LogP contribution in [-0.2, 0) is 9.59 Å². The molecular weight excluding hydrogens is 324 g/mol. The molecule has 25 heavy (non-hydrogen) atoms. The first-order valence-corrected chi connectivity index (χ1v) is 7.68. The summed E-state index contributed by atoms with van der Waals surface area (Å²) < 4.78 is 7.26. The number of imidazole rings is 1. The Kier molecular flexibility index (Phi) is 4.53. The smallest absolute Gasteiger partial charge is 0.277 e. The summed E-state index contributed by atoms with van der Waals surface area (Å²) in [4.78, 5) is 29.1. The van der Waals surface area contributed by atoms with Crippen LogP contribution >= 0.6 is 0 Å². The van der Waals surface area contributed by atoms with Crippen molar-refractivity contribution in [3.8, 4) is 11.4 Å². The molecule has 1 aromatic carbocycles. The van der Waals surface area contributed by atoms with Gasteiger partial charge in [0.2, 0.25) is 0 Å². The van der Waals surface area contributed by atoms with Crippen LogP contribution in [0.2, 0.25) is 0 Å². The predicted octanol–water partition coefficient (Wildman–Crippen LogP) is 0.846. The van der Waals surface area contributed by atoms with E-state index in [2.05, 4.69) is 10.3 Å². The van der Waals surface area contributed by atoms with Gasteiger partial charge >= 0.3 is 0 Å². The zero-order valence-electron chi connectivity index (χ0n) is 13.9. The summed E-state index contributed by atoms with van der Waals surface area (Å²) in [6, 6.07) is 5.34. The minimum absolute atomic E-state index is 0.0262.